The Bertz CT molecular complexity index is 577. The Labute approximate surface area is 128 Å². The number of hydrogen-bond donors (Lipinski definition) is 3. The summed E-state index contributed by atoms with van der Waals surface area (Å²) in [6.45, 7) is 0.687. The van der Waals surface area contributed by atoms with Crippen molar-refractivity contribution in [2.45, 2.75) is 51.2 Å². The molecule has 1 saturated carbocycles. The fourth-order valence-electron chi connectivity index (χ4n) is 3.50. The number of aliphatic hydroxyl groups is 1. The number of hydrogen-bond acceptors (Lipinski definition) is 4. The second-order valence-corrected chi connectivity index (χ2v) is 6.19. The summed E-state index contributed by atoms with van der Waals surface area (Å²) in [5.41, 5.74) is 1.30. The molecule has 2 aliphatic rings. The van der Waals surface area contributed by atoms with Crippen LogP contribution in [0.25, 0.3) is 0 Å². The van der Waals surface area contributed by atoms with Gasteiger partial charge < -0.3 is 15.1 Å². The quantitative estimate of drug-likeness (QED) is 0.770. The summed E-state index contributed by atoms with van der Waals surface area (Å²) in [6, 6.07) is 0. The third-order valence-electron chi connectivity index (χ3n) is 4.80. The number of H-pyrrole nitrogens is 1. The number of nitrogens with zero attached hydrogens (tertiary/aromatic N) is 2. The summed E-state index contributed by atoms with van der Waals surface area (Å²) in [5.74, 6) is -1.35. The molecule has 22 heavy (non-hydrogen) atoms. The molecule has 1 atom stereocenters. The van der Waals surface area contributed by atoms with Crippen molar-refractivity contribution in [3.63, 3.8) is 0 Å². The van der Waals surface area contributed by atoms with Crippen molar-refractivity contribution < 1.29 is 19.8 Å². The van der Waals surface area contributed by atoms with E-state index in [1.807, 2.05) is 0 Å². The number of aromatic carboxylic acids is 1. The molecule has 0 aromatic carbocycles. The van der Waals surface area contributed by atoms with Crippen molar-refractivity contribution in [2.75, 3.05) is 6.54 Å². The number of nitrogens with one attached hydrogen (secondary N) is 1. The molecule has 1 amide bonds. The number of aromatic nitrogens is 2. The van der Waals surface area contributed by atoms with Gasteiger partial charge in [0.2, 0.25) is 0 Å². The van der Waals surface area contributed by atoms with Crippen LogP contribution in [0.3, 0.4) is 0 Å². The van der Waals surface area contributed by atoms with Crippen LogP contribution in [-0.2, 0) is 17.8 Å². The fourth-order valence-corrected chi connectivity index (χ4v) is 3.50. The summed E-state index contributed by atoms with van der Waals surface area (Å²) < 4.78 is 0. The van der Waals surface area contributed by atoms with Crippen LogP contribution < -0.4 is 0 Å². The van der Waals surface area contributed by atoms with Crippen LogP contribution in [0.4, 0.5) is 0 Å². The van der Waals surface area contributed by atoms with E-state index in [1.165, 1.54) is 6.42 Å². The van der Waals surface area contributed by atoms with Gasteiger partial charge in [0.15, 0.2) is 5.69 Å². The van der Waals surface area contributed by atoms with E-state index in [0.29, 0.717) is 18.5 Å². The maximum absolute atomic E-state index is 12.5. The number of carbonyl (C=O) groups is 2. The smallest absolute Gasteiger partial charge is 0.356 e. The molecule has 0 unspecified atom stereocenters. The molecule has 2 heterocycles. The first-order chi connectivity index (χ1) is 10.6. The summed E-state index contributed by atoms with van der Waals surface area (Å²) >= 11 is 0. The number of aromatic amines is 1. The van der Waals surface area contributed by atoms with Crippen LogP contribution in [0.15, 0.2) is 0 Å². The number of aliphatic hydroxyl groups excluding tert-OH is 1. The van der Waals surface area contributed by atoms with Crippen LogP contribution >= 0.6 is 0 Å². The lowest BCUT2D eigenvalue weighted by Gasteiger charge is -2.32. The second kappa shape index (κ2) is 6.08. The Morgan fingerprint density at radius 3 is 2.68 bits per heavy atom. The zero-order valence-electron chi connectivity index (χ0n) is 12.4. The first-order valence-electron chi connectivity index (χ1n) is 7.84. The molecule has 1 aromatic heterocycles. The minimum absolute atomic E-state index is 0.0281. The maximum Gasteiger partial charge on any atom is 0.356 e. The zero-order valence-corrected chi connectivity index (χ0v) is 12.4. The third-order valence-corrected chi connectivity index (χ3v) is 4.80. The number of amides is 1. The normalized spacial score (nSPS) is 20.5. The van der Waals surface area contributed by atoms with E-state index in [4.69, 9.17) is 5.11 Å². The monoisotopic (exact) mass is 307 g/mol. The minimum atomic E-state index is -1.10. The van der Waals surface area contributed by atoms with E-state index < -0.39 is 12.1 Å². The Morgan fingerprint density at radius 1 is 1.27 bits per heavy atom. The average molecular weight is 307 g/mol. The highest BCUT2D eigenvalue weighted by Gasteiger charge is 2.34. The average Bonchev–Trinajstić information content (AvgIpc) is 2.97. The molecule has 0 spiro atoms. The van der Waals surface area contributed by atoms with Crippen LogP contribution in [0.1, 0.15) is 53.8 Å². The molecule has 3 N–H and O–H groups in total. The molecule has 3 rings (SSSR count). The highest BCUT2D eigenvalue weighted by atomic mass is 16.4. The van der Waals surface area contributed by atoms with Gasteiger partial charge in [-0.25, -0.2) is 4.79 Å². The summed E-state index contributed by atoms with van der Waals surface area (Å²) in [4.78, 5) is 25.2. The molecular formula is C15H21N3O4. The van der Waals surface area contributed by atoms with Gasteiger partial charge in [-0.3, -0.25) is 9.89 Å². The van der Waals surface area contributed by atoms with Crippen molar-refractivity contribution in [3.05, 3.63) is 17.0 Å². The van der Waals surface area contributed by atoms with Crippen LogP contribution in [-0.4, -0.2) is 49.8 Å². The molecule has 0 bridgehead atoms. The molecule has 7 heteroatoms. The van der Waals surface area contributed by atoms with Crippen molar-refractivity contribution in [1.29, 1.82) is 0 Å². The molecular weight excluding hydrogens is 286 g/mol. The highest BCUT2D eigenvalue weighted by Crippen LogP contribution is 2.28. The van der Waals surface area contributed by atoms with E-state index in [1.54, 1.807) is 4.90 Å². The number of carbonyl (C=O) groups excluding carboxylic acids is 1. The van der Waals surface area contributed by atoms with Gasteiger partial charge in [0.05, 0.1) is 0 Å². The lowest BCUT2D eigenvalue weighted by atomic mass is 9.84. The van der Waals surface area contributed by atoms with Gasteiger partial charge in [-0.2, -0.15) is 5.10 Å². The van der Waals surface area contributed by atoms with Gasteiger partial charge in [0.1, 0.15) is 6.10 Å². The van der Waals surface area contributed by atoms with Gasteiger partial charge in [-0.1, -0.05) is 19.3 Å². The standard InChI is InChI=1S/C15H21N3O4/c19-13(9-4-2-1-3-5-9)14(20)18-7-6-11-10(8-18)12(15(21)22)17-16-11/h9,13,19H,1-8H2,(H,16,17)(H,21,22)/t13-/m1/s1. The van der Waals surface area contributed by atoms with Gasteiger partial charge in [0, 0.05) is 30.8 Å². The topological polar surface area (TPSA) is 107 Å². The summed E-state index contributed by atoms with van der Waals surface area (Å²) in [5, 5.41) is 26.0. The molecule has 120 valence electrons. The van der Waals surface area contributed by atoms with Crippen molar-refractivity contribution in [3.8, 4) is 0 Å². The van der Waals surface area contributed by atoms with Crippen molar-refractivity contribution in [2.24, 2.45) is 5.92 Å². The molecule has 0 radical (unpaired) electrons. The summed E-state index contributed by atoms with van der Waals surface area (Å²) in [6.07, 6.45) is 4.63. The molecule has 7 nitrogen and oxygen atoms in total. The second-order valence-electron chi connectivity index (χ2n) is 6.19. The Morgan fingerprint density at radius 2 is 2.00 bits per heavy atom. The SMILES string of the molecule is O=C(O)c1n[nH]c2c1CN(C(=O)[C@H](O)C1CCCCC1)CC2. The molecule has 1 aliphatic heterocycles. The Balaban J connectivity index is 1.71. The zero-order chi connectivity index (χ0) is 15.7. The fraction of sp³-hybridized carbons (Fsp3) is 0.667. The van der Waals surface area contributed by atoms with Gasteiger partial charge in [-0.05, 0) is 18.8 Å². The number of rotatable bonds is 3. The lowest BCUT2D eigenvalue weighted by Crippen LogP contribution is -2.45. The van der Waals surface area contributed by atoms with Gasteiger partial charge >= 0.3 is 5.97 Å². The van der Waals surface area contributed by atoms with E-state index in [0.717, 1.165) is 31.4 Å². The predicted molar refractivity (Wildman–Crippen MR) is 77.2 cm³/mol. The summed E-state index contributed by atoms with van der Waals surface area (Å²) in [7, 11) is 0. The first kappa shape index (κ1) is 15.0. The number of carboxylic acids is 1. The highest BCUT2D eigenvalue weighted by molar-refractivity contribution is 5.88. The molecule has 1 aliphatic carbocycles. The van der Waals surface area contributed by atoms with Crippen LogP contribution in [0, 0.1) is 5.92 Å². The van der Waals surface area contributed by atoms with Crippen molar-refractivity contribution in [1.82, 2.24) is 15.1 Å². The molecule has 1 aromatic rings. The van der Waals surface area contributed by atoms with E-state index in [-0.39, 0.29) is 24.1 Å². The van der Waals surface area contributed by atoms with E-state index in [9.17, 15) is 14.7 Å². The predicted octanol–water partition coefficient (Wildman–Crippen LogP) is 0.934. The lowest BCUT2D eigenvalue weighted by molar-refractivity contribution is -0.144. The molecule has 0 saturated heterocycles. The number of fused-ring (bicyclic) bond motifs is 1. The first-order valence-corrected chi connectivity index (χ1v) is 7.84. The minimum Gasteiger partial charge on any atom is -0.476 e. The van der Waals surface area contributed by atoms with Gasteiger partial charge in [0.25, 0.3) is 5.91 Å². The Kier molecular flexibility index (Phi) is 4.15. The van der Waals surface area contributed by atoms with Crippen LogP contribution in [0.2, 0.25) is 0 Å². The van der Waals surface area contributed by atoms with Gasteiger partial charge in [-0.15, -0.1) is 0 Å². The van der Waals surface area contributed by atoms with E-state index >= 15 is 0 Å². The van der Waals surface area contributed by atoms with E-state index in [2.05, 4.69) is 10.2 Å². The van der Waals surface area contributed by atoms with Crippen molar-refractivity contribution >= 4 is 11.9 Å². The molecule has 1 fully saturated rings. The third kappa shape index (κ3) is 2.72. The number of carboxylic acid groups (broad SMARTS) is 1. The Hall–Kier alpha value is -1.89. The van der Waals surface area contributed by atoms with Crippen LogP contribution in [0.5, 0.6) is 0 Å². The largest absolute Gasteiger partial charge is 0.476 e. The maximum atomic E-state index is 12.5.